The van der Waals surface area contributed by atoms with Gasteiger partial charge in [-0.3, -0.25) is 4.79 Å². The molecule has 1 aliphatic rings. The molecule has 0 radical (unpaired) electrons. The number of amides is 1. The maximum atomic E-state index is 13.0. The minimum atomic E-state index is 0.0269. The zero-order valence-electron chi connectivity index (χ0n) is 17.1. The van der Waals surface area contributed by atoms with Crippen LogP contribution in [0.2, 0.25) is 0 Å². The van der Waals surface area contributed by atoms with Crippen LogP contribution in [0.4, 0.5) is 0 Å². The summed E-state index contributed by atoms with van der Waals surface area (Å²) in [6.07, 6.45) is 0. The lowest BCUT2D eigenvalue weighted by molar-refractivity contribution is 0.0752. The van der Waals surface area contributed by atoms with Crippen LogP contribution in [0.25, 0.3) is 0 Å². The van der Waals surface area contributed by atoms with Gasteiger partial charge < -0.3 is 14.4 Å². The van der Waals surface area contributed by atoms with Crippen molar-refractivity contribution < 1.29 is 14.3 Å². The zero-order valence-corrected chi connectivity index (χ0v) is 18.7. The topological polar surface area (TPSA) is 51.7 Å². The van der Waals surface area contributed by atoms with Gasteiger partial charge in [0, 0.05) is 34.7 Å². The summed E-state index contributed by atoms with van der Waals surface area (Å²) in [5.74, 6) is 2.38. The smallest absolute Gasteiger partial charge is 0.254 e. The molecule has 0 N–H and O–H groups in total. The number of aryl methyl sites for hydroxylation is 1. The Labute approximate surface area is 185 Å². The minimum absolute atomic E-state index is 0.0269. The Morgan fingerprint density at radius 1 is 1.13 bits per heavy atom. The van der Waals surface area contributed by atoms with Gasteiger partial charge in [0.25, 0.3) is 5.91 Å². The highest BCUT2D eigenvalue weighted by atomic mass is 32.2. The van der Waals surface area contributed by atoms with Gasteiger partial charge in [-0.25, -0.2) is 4.98 Å². The van der Waals surface area contributed by atoms with Gasteiger partial charge in [0.15, 0.2) is 11.5 Å². The van der Waals surface area contributed by atoms with Crippen molar-refractivity contribution >= 4 is 29.0 Å². The number of rotatable bonds is 7. The number of ether oxygens (including phenoxy) is 2. The number of thioether (sulfide) groups is 1. The van der Waals surface area contributed by atoms with Gasteiger partial charge in [0.05, 0.1) is 10.7 Å². The van der Waals surface area contributed by atoms with Gasteiger partial charge >= 0.3 is 0 Å². The number of fused-ring (bicyclic) bond motifs is 1. The molecule has 1 aromatic heterocycles. The normalized spacial score (nSPS) is 12.6. The first-order valence-electron chi connectivity index (χ1n) is 9.94. The van der Waals surface area contributed by atoms with Crippen LogP contribution in [0.1, 0.15) is 33.5 Å². The molecule has 0 bridgehead atoms. The van der Waals surface area contributed by atoms with Crippen molar-refractivity contribution in [3.8, 4) is 11.5 Å². The van der Waals surface area contributed by atoms with Crippen molar-refractivity contribution in [1.29, 1.82) is 0 Å². The van der Waals surface area contributed by atoms with Crippen LogP contribution in [-0.2, 0) is 12.3 Å². The van der Waals surface area contributed by atoms with Gasteiger partial charge in [-0.15, -0.1) is 23.1 Å². The van der Waals surface area contributed by atoms with Crippen LogP contribution >= 0.6 is 23.1 Å². The summed E-state index contributed by atoms with van der Waals surface area (Å²) in [7, 11) is 0. The van der Waals surface area contributed by atoms with Crippen LogP contribution in [-0.4, -0.2) is 35.5 Å². The van der Waals surface area contributed by atoms with E-state index < -0.39 is 0 Å². The van der Waals surface area contributed by atoms with E-state index in [1.165, 1.54) is 0 Å². The van der Waals surface area contributed by atoms with Crippen LogP contribution in [0.5, 0.6) is 11.5 Å². The molecule has 0 saturated heterocycles. The van der Waals surface area contributed by atoms with E-state index in [-0.39, 0.29) is 5.91 Å². The number of carbonyl (C=O) groups is 1. The molecular weight excluding hydrogens is 416 g/mol. The fourth-order valence-corrected chi connectivity index (χ4v) is 4.75. The Morgan fingerprint density at radius 2 is 1.90 bits per heavy atom. The first kappa shape index (κ1) is 20.8. The number of hydrogen-bond acceptors (Lipinski definition) is 6. The van der Waals surface area contributed by atoms with E-state index in [1.54, 1.807) is 23.1 Å². The molecule has 0 atom stereocenters. The Bertz CT molecular complexity index is 1020. The summed E-state index contributed by atoms with van der Waals surface area (Å²) < 4.78 is 11.2. The van der Waals surface area contributed by atoms with Crippen LogP contribution < -0.4 is 9.47 Å². The third kappa shape index (κ3) is 4.96. The van der Waals surface area contributed by atoms with Crippen LogP contribution in [0.3, 0.4) is 0 Å². The molecule has 7 heteroatoms. The Morgan fingerprint density at radius 3 is 2.60 bits per heavy atom. The zero-order chi connectivity index (χ0) is 20.9. The molecule has 30 heavy (non-hydrogen) atoms. The van der Waals surface area contributed by atoms with Gasteiger partial charge in [-0.1, -0.05) is 6.07 Å². The van der Waals surface area contributed by atoms with Crippen molar-refractivity contribution in [2.75, 3.05) is 19.8 Å². The molecule has 2 heterocycles. The van der Waals surface area contributed by atoms with Gasteiger partial charge in [0.1, 0.15) is 13.2 Å². The second-order valence-electron chi connectivity index (χ2n) is 6.97. The Balaban J connectivity index is 1.39. The largest absolute Gasteiger partial charge is 0.486 e. The highest BCUT2D eigenvalue weighted by molar-refractivity contribution is 7.98. The van der Waals surface area contributed by atoms with Gasteiger partial charge in [-0.2, -0.15) is 0 Å². The van der Waals surface area contributed by atoms with E-state index in [2.05, 4.69) is 10.4 Å². The second-order valence-corrected chi connectivity index (χ2v) is 9.08. The van der Waals surface area contributed by atoms with Crippen molar-refractivity contribution in [2.45, 2.75) is 31.0 Å². The SMILES string of the molecule is CCN(Cc1ccc2c(c1)OCCO2)C(=O)c1ccc(SCc2csc(C)n2)cc1. The molecule has 1 amide bonds. The highest BCUT2D eigenvalue weighted by Crippen LogP contribution is 2.31. The Kier molecular flexibility index (Phi) is 6.59. The maximum absolute atomic E-state index is 13.0. The number of nitrogens with zero attached hydrogens (tertiary/aromatic N) is 2. The van der Waals surface area contributed by atoms with Gasteiger partial charge in [0.2, 0.25) is 0 Å². The monoisotopic (exact) mass is 440 g/mol. The molecule has 2 aromatic carbocycles. The van der Waals surface area contributed by atoms with Crippen molar-refractivity contribution in [3.63, 3.8) is 0 Å². The predicted molar refractivity (Wildman–Crippen MR) is 121 cm³/mol. The number of hydrogen-bond donors (Lipinski definition) is 0. The molecule has 5 nitrogen and oxygen atoms in total. The number of thiazole rings is 1. The van der Waals surface area contributed by atoms with E-state index in [0.717, 1.165) is 38.4 Å². The lowest BCUT2D eigenvalue weighted by atomic mass is 10.1. The number of carbonyl (C=O) groups excluding carboxylic acids is 1. The van der Waals surface area contributed by atoms with E-state index in [9.17, 15) is 4.79 Å². The van der Waals surface area contributed by atoms with Crippen LogP contribution in [0, 0.1) is 6.92 Å². The molecular formula is C23H24N2O3S2. The number of aromatic nitrogens is 1. The number of benzene rings is 2. The molecule has 0 fully saturated rings. The van der Waals surface area contributed by atoms with Gasteiger partial charge in [-0.05, 0) is 55.8 Å². The lowest BCUT2D eigenvalue weighted by Crippen LogP contribution is -2.30. The molecule has 0 aliphatic carbocycles. The minimum Gasteiger partial charge on any atom is -0.486 e. The second kappa shape index (κ2) is 9.53. The van der Waals surface area contributed by atoms with E-state index in [0.29, 0.717) is 31.9 Å². The summed E-state index contributed by atoms with van der Waals surface area (Å²) >= 11 is 3.40. The summed E-state index contributed by atoms with van der Waals surface area (Å²) in [4.78, 5) is 20.5. The standard InChI is InChI=1S/C23H24N2O3S2/c1-3-25(13-17-4-9-21-22(12-17)28-11-10-27-21)23(26)18-5-7-20(8-6-18)30-15-19-14-29-16(2)24-19/h4-9,12,14H,3,10-11,13,15H2,1-2H3. The van der Waals surface area contributed by atoms with Crippen molar-refractivity contribution in [3.05, 3.63) is 69.7 Å². The fraction of sp³-hybridized carbons (Fsp3) is 0.304. The highest BCUT2D eigenvalue weighted by Gasteiger charge is 2.17. The molecule has 0 saturated carbocycles. The van der Waals surface area contributed by atoms with Crippen LogP contribution in [0.15, 0.2) is 52.7 Å². The molecule has 3 aromatic rings. The summed E-state index contributed by atoms with van der Waals surface area (Å²) in [6.45, 7) is 6.31. The molecule has 0 spiro atoms. The van der Waals surface area contributed by atoms with E-state index in [1.807, 2.05) is 61.2 Å². The third-order valence-electron chi connectivity index (χ3n) is 4.80. The average molecular weight is 441 g/mol. The molecule has 4 rings (SSSR count). The fourth-order valence-electron chi connectivity index (χ4n) is 3.24. The molecule has 156 valence electrons. The third-order valence-corrected chi connectivity index (χ3v) is 6.67. The summed E-state index contributed by atoms with van der Waals surface area (Å²) in [5, 5.41) is 3.18. The lowest BCUT2D eigenvalue weighted by Gasteiger charge is -2.23. The first-order valence-corrected chi connectivity index (χ1v) is 11.8. The Hall–Kier alpha value is -2.51. The van der Waals surface area contributed by atoms with E-state index in [4.69, 9.17) is 9.47 Å². The summed E-state index contributed by atoms with van der Waals surface area (Å²) in [6, 6.07) is 13.7. The average Bonchev–Trinajstić information content (AvgIpc) is 3.21. The predicted octanol–water partition coefficient (Wildman–Crippen LogP) is 5.18. The first-order chi connectivity index (χ1) is 14.6. The quantitative estimate of drug-likeness (QED) is 0.474. The van der Waals surface area contributed by atoms with E-state index >= 15 is 0 Å². The summed E-state index contributed by atoms with van der Waals surface area (Å²) in [5.41, 5.74) is 2.82. The van der Waals surface area contributed by atoms with Crippen molar-refractivity contribution in [1.82, 2.24) is 9.88 Å². The molecule has 1 aliphatic heterocycles. The van der Waals surface area contributed by atoms with Crippen molar-refractivity contribution in [2.24, 2.45) is 0 Å². The maximum Gasteiger partial charge on any atom is 0.254 e. The molecule has 0 unspecified atom stereocenters.